The zero-order valence-corrected chi connectivity index (χ0v) is 25.7. The van der Waals surface area contributed by atoms with Gasteiger partial charge in [0, 0.05) is 18.9 Å². The predicted octanol–water partition coefficient (Wildman–Crippen LogP) is 7.32. The van der Waals surface area contributed by atoms with Crippen LogP contribution in [-0.2, 0) is 9.53 Å². The van der Waals surface area contributed by atoms with Crippen LogP contribution < -0.4 is 0 Å². The van der Waals surface area contributed by atoms with E-state index in [1.807, 2.05) is 0 Å². The molecule has 4 nitrogen and oxygen atoms in total. The van der Waals surface area contributed by atoms with Crippen molar-refractivity contribution in [1.29, 1.82) is 0 Å². The number of hydrogen-bond donors (Lipinski definition) is 2. The van der Waals surface area contributed by atoms with Gasteiger partial charge in [-0.3, -0.25) is 4.79 Å². The Morgan fingerprint density at radius 1 is 0.789 bits per heavy atom. The minimum Gasteiger partial charge on any atom is -0.462 e. The zero-order valence-electron chi connectivity index (χ0n) is 25.7. The van der Waals surface area contributed by atoms with Crippen LogP contribution >= 0.6 is 0 Å². The van der Waals surface area contributed by atoms with Crippen molar-refractivity contribution in [2.75, 3.05) is 13.2 Å². The highest BCUT2D eigenvalue weighted by Crippen LogP contribution is 2.82. The lowest BCUT2D eigenvalue weighted by molar-refractivity contribution is -0.274. The van der Waals surface area contributed by atoms with Crippen LogP contribution in [0.15, 0.2) is 12.2 Å². The van der Waals surface area contributed by atoms with E-state index in [1.165, 1.54) is 32.1 Å². The molecule has 0 radical (unpaired) electrons. The van der Waals surface area contributed by atoms with Crippen molar-refractivity contribution in [3.63, 3.8) is 0 Å². The van der Waals surface area contributed by atoms with E-state index in [0.29, 0.717) is 17.8 Å². The van der Waals surface area contributed by atoms with Gasteiger partial charge in [-0.1, -0.05) is 55.0 Å². The number of fused-ring (bicyclic) bond motifs is 7. The molecular weight excluding hydrogens is 472 g/mol. The Morgan fingerprint density at radius 2 is 1.39 bits per heavy atom. The van der Waals surface area contributed by atoms with Gasteiger partial charge in [0.15, 0.2) is 0 Å². The zero-order chi connectivity index (χ0) is 28.2. The largest absolute Gasteiger partial charge is 0.462 e. The fraction of sp³-hybridized carbons (Fsp3) is 0.912. The Labute approximate surface area is 232 Å². The van der Waals surface area contributed by atoms with E-state index in [2.05, 4.69) is 55.0 Å². The monoisotopic (exact) mass is 528 g/mol. The molecule has 5 saturated carbocycles. The van der Waals surface area contributed by atoms with Gasteiger partial charge in [-0.25, -0.2) is 0 Å². The van der Waals surface area contributed by atoms with Gasteiger partial charge < -0.3 is 14.9 Å². The molecule has 0 aromatic heterocycles. The standard InChI is InChI=1S/C34H56O4/c1-22(20-35)30(6)16-18-34(21-36)19-17-32(8)26(33(30,34)9)11-10-25-29(5)14-13-27(38-23(2)37)28(3,4)24(29)12-15-31(25,32)7/h24-27,35-36H,1,10-21H2,2-9H3/t24?,25?,26-,27-,29-,30-,31+,32+,33-,34+/m0/s1. The number of rotatable bonds is 4. The normalized spacial score (nSPS) is 53.2. The van der Waals surface area contributed by atoms with E-state index in [1.54, 1.807) is 6.92 Å². The highest BCUT2D eigenvalue weighted by Gasteiger charge is 2.76. The van der Waals surface area contributed by atoms with Crippen molar-refractivity contribution in [3.8, 4) is 0 Å². The summed E-state index contributed by atoms with van der Waals surface area (Å²) in [4.78, 5) is 12.0. The number of carbonyl (C=O) groups excluding carboxylic acids is 1. The first-order chi connectivity index (χ1) is 17.5. The van der Waals surface area contributed by atoms with E-state index >= 15 is 0 Å². The fourth-order valence-electron chi connectivity index (χ4n) is 13.0. The first-order valence-electron chi connectivity index (χ1n) is 15.6. The van der Waals surface area contributed by atoms with Crippen LogP contribution in [0.3, 0.4) is 0 Å². The maximum Gasteiger partial charge on any atom is 0.302 e. The number of esters is 1. The van der Waals surface area contributed by atoms with Crippen LogP contribution in [0.4, 0.5) is 0 Å². The van der Waals surface area contributed by atoms with Crippen molar-refractivity contribution in [1.82, 2.24) is 0 Å². The van der Waals surface area contributed by atoms with E-state index in [4.69, 9.17) is 4.74 Å². The molecule has 0 saturated heterocycles. The van der Waals surface area contributed by atoms with Crippen LogP contribution in [0.2, 0.25) is 0 Å². The van der Waals surface area contributed by atoms with Gasteiger partial charge in [-0.2, -0.15) is 0 Å². The number of carbonyl (C=O) groups is 1. The number of ether oxygens (including phenoxy) is 1. The average molecular weight is 529 g/mol. The van der Waals surface area contributed by atoms with Crippen molar-refractivity contribution in [2.24, 2.45) is 55.7 Å². The van der Waals surface area contributed by atoms with Gasteiger partial charge in [0.05, 0.1) is 6.61 Å². The number of hydrogen-bond acceptors (Lipinski definition) is 4. The van der Waals surface area contributed by atoms with Crippen molar-refractivity contribution >= 4 is 5.97 Å². The molecular formula is C34H56O4. The molecule has 0 aromatic carbocycles. The molecule has 0 spiro atoms. The summed E-state index contributed by atoms with van der Waals surface area (Å²) < 4.78 is 5.92. The molecule has 4 heteroatoms. The third-order valence-electron chi connectivity index (χ3n) is 15.6. The van der Waals surface area contributed by atoms with Crippen molar-refractivity contribution in [2.45, 2.75) is 126 Å². The lowest BCUT2D eigenvalue weighted by atomic mass is 9.29. The van der Waals surface area contributed by atoms with Gasteiger partial charge in [-0.05, 0) is 120 Å². The Hall–Kier alpha value is -0.870. The first-order valence-corrected chi connectivity index (χ1v) is 15.6. The molecule has 216 valence electrons. The quantitative estimate of drug-likeness (QED) is 0.296. The lowest BCUT2D eigenvalue weighted by Crippen LogP contribution is -2.69. The minimum atomic E-state index is -0.162. The summed E-state index contributed by atoms with van der Waals surface area (Å²) in [6.45, 7) is 23.7. The highest BCUT2D eigenvalue weighted by molar-refractivity contribution is 5.66. The van der Waals surface area contributed by atoms with E-state index < -0.39 is 0 Å². The van der Waals surface area contributed by atoms with Crippen LogP contribution in [-0.4, -0.2) is 35.5 Å². The molecule has 0 amide bonds. The molecule has 5 aliphatic carbocycles. The summed E-state index contributed by atoms with van der Waals surface area (Å²) in [5.74, 6) is 1.55. The number of aliphatic hydroxyl groups excluding tert-OH is 2. The second-order valence-corrected chi connectivity index (χ2v) is 16.3. The van der Waals surface area contributed by atoms with Gasteiger partial charge >= 0.3 is 5.97 Å². The molecule has 0 bridgehead atoms. The second-order valence-electron chi connectivity index (χ2n) is 16.3. The Morgan fingerprint density at radius 3 is 2.00 bits per heavy atom. The Bertz CT molecular complexity index is 1000. The van der Waals surface area contributed by atoms with Crippen molar-refractivity contribution < 1.29 is 19.7 Å². The predicted molar refractivity (Wildman–Crippen MR) is 152 cm³/mol. The minimum absolute atomic E-state index is 0.0109. The van der Waals surface area contributed by atoms with Gasteiger partial charge in [0.25, 0.3) is 0 Å². The maximum atomic E-state index is 12.0. The molecule has 0 heterocycles. The molecule has 2 unspecified atom stereocenters. The number of aliphatic hydroxyl groups is 2. The summed E-state index contributed by atoms with van der Waals surface area (Å²) in [7, 11) is 0. The molecule has 5 rings (SSSR count). The Balaban J connectivity index is 1.56. The van der Waals surface area contributed by atoms with Crippen LogP contribution in [0, 0.1) is 55.7 Å². The summed E-state index contributed by atoms with van der Waals surface area (Å²) in [5.41, 5.74) is 1.25. The third kappa shape index (κ3) is 3.14. The van der Waals surface area contributed by atoms with Gasteiger partial charge in [0.1, 0.15) is 6.10 Å². The van der Waals surface area contributed by atoms with Gasteiger partial charge in [-0.15, -0.1) is 0 Å². The summed E-state index contributed by atoms with van der Waals surface area (Å²) in [6, 6.07) is 0. The van der Waals surface area contributed by atoms with E-state index in [9.17, 15) is 15.0 Å². The molecule has 5 aliphatic rings. The van der Waals surface area contributed by atoms with Crippen LogP contribution in [0.25, 0.3) is 0 Å². The molecule has 0 aliphatic heterocycles. The Kier molecular flexibility index (Phi) is 6.46. The smallest absolute Gasteiger partial charge is 0.302 e. The molecule has 2 N–H and O–H groups in total. The molecule has 5 fully saturated rings. The van der Waals surface area contributed by atoms with Crippen LogP contribution in [0.5, 0.6) is 0 Å². The summed E-state index contributed by atoms with van der Waals surface area (Å²) >= 11 is 0. The highest BCUT2D eigenvalue weighted by atomic mass is 16.5. The lowest BCUT2D eigenvalue weighted by Gasteiger charge is -2.75. The first kappa shape index (κ1) is 28.7. The summed E-state index contributed by atoms with van der Waals surface area (Å²) in [6.07, 6.45) is 11.3. The average Bonchev–Trinajstić information content (AvgIpc) is 3.09. The molecule has 0 aromatic rings. The van der Waals surface area contributed by atoms with Crippen molar-refractivity contribution in [3.05, 3.63) is 12.2 Å². The van der Waals surface area contributed by atoms with Crippen LogP contribution in [0.1, 0.15) is 120 Å². The van der Waals surface area contributed by atoms with E-state index in [-0.39, 0.29) is 63.2 Å². The molecule has 38 heavy (non-hydrogen) atoms. The fourth-order valence-corrected chi connectivity index (χ4v) is 13.0. The topological polar surface area (TPSA) is 66.8 Å². The SMILES string of the molecule is C=C(CO)[C@]1(C)CC[C@]2(CO)CC[C@]3(C)[C@H](CCC4[C@@]5(C)CC[C@H](OC(C)=O)C(C)(C)C5CC[C@]43C)[C@]21C. The molecule has 10 atom stereocenters. The maximum absolute atomic E-state index is 12.0. The third-order valence-corrected chi connectivity index (χ3v) is 15.6. The summed E-state index contributed by atoms with van der Waals surface area (Å²) in [5, 5.41) is 21.3. The van der Waals surface area contributed by atoms with E-state index in [0.717, 1.165) is 37.7 Å². The second kappa shape index (κ2) is 8.57. The van der Waals surface area contributed by atoms with Gasteiger partial charge in [0.2, 0.25) is 0 Å².